The summed E-state index contributed by atoms with van der Waals surface area (Å²) < 4.78 is 21.6. The highest BCUT2D eigenvalue weighted by molar-refractivity contribution is 6.10. The normalized spacial score (nSPS) is 12.0. The van der Waals surface area contributed by atoms with Gasteiger partial charge in [-0.05, 0) is 54.1 Å². The molecule has 0 radical (unpaired) electrons. The molecule has 0 bridgehead atoms. The van der Waals surface area contributed by atoms with E-state index >= 15 is 0 Å². The van der Waals surface area contributed by atoms with Gasteiger partial charge in [0.1, 0.15) is 17.2 Å². The molecule has 1 amide bonds. The largest absolute Gasteiger partial charge is 0.497 e. The number of para-hydroxylation sites is 1. The van der Waals surface area contributed by atoms with Gasteiger partial charge in [0.25, 0.3) is 5.91 Å². The van der Waals surface area contributed by atoms with Crippen molar-refractivity contribution in [3.05, 3.63) is 108 Å². The van der Waals surface area contributed by atoms with Crippen LogP contribution in [0.3, 0.4) is 0 Å². The minimum Gasteiger partial charge on any atom is -0.497 e. The number of esters is 1. The molecule has 2 N–H and O–H groups in total. The number of ether oxygens (including phenoxy) is 4. The first-order valence-corrected chi connectivity index (χ1v) is 12.4. The maximum absolute atomic E-state index is 13.3. The van der Waals surface area contributed by atoms with Crippen LogP contribution >= 0.6 is 0 Å². The van der Waals surface area contributed by atoms with Crippen LogP contribution in [-0.2, 0) is 0 Å². The molecule has 0 saturated carbocycles. The van der Waals surface area contributed by atoms with Crippen LogP contribution in [0.2, 0.25) is 0 Å². The summed E-state index contributed by atoms with van der Waals surface area (Å²) in [5.74, 6) is 1.03. The lowest BCUT2D eigenvalue weighted by molar-refractivity contribution is 0.0733. The third-order valence-electron chi connectivity index (χ3n) is 6.39. The Bertz CT molecular complexity index is 1760. The highest BCUT2D eigenvalue weighted by atomic mass is 16.7. The molecular formula is C31H23N3O6. The van der Waals surface area contributed by atoms with Crippen molar-refractivity contribution in [2.45, 2.75) is 0 Å². The van der Waals surface area contributed by atoms with E-state index in [4.69, 9.17) is 18.9 Å². The van der Waals surface area contributed by atoms with E-state index in [1.807, 2.05) is 48.5 Å². The summed E-state index contributed by atoms with van der Waals surface area (Å²) in [5, 5.41) is 5.00. The zero-order valence-electron chi connectivity index (χ0n) is 21.3. The fraction of sp³-hybridized carbons (Fsp3) is 0.0645. The van der Waals surface area contributed by atoms with E-state index in [-0.39, 0.29) is 12.5 Å². The van der Waals surface area contributed by atoms with E-state index in [1.165, 1.54) is 6.21 Å². The van der Waals surface area contributed by atoms with Crippen LogP contribution < -0.4 is 24.4 Å². The standard InChI is InChI=1S/C31H23N3O6/c1-37-22-12-13-24-23(16-22)28(19-7-3-2-4-8-19)29(33-24)30(35)34-32-17-21-9-5-6-10-25(21)40-31(36)20-11-14-26-27(15-20)39-18-38-26/h2-17,33H,18H2,1H3,(H,34,35). The van der Waals surface area contributed by atoms with Gasteiger partial charge in [0.2, 0.25) is 6.79 Å². The van der Waals surface area contributed by atoms with Gasteiger partial charge in [-0.3, -0.25) is 4.79 Å². The Morgan fingerprint density at radius 3 is 2.58 bits per heavy atom. The quantitative estimate of drug-likeness (QED) is 0.123. The predicted molar refractivity (Wildman–Crippen MR) is 149 cm³/mol. The fourth-order valence-corrected chi connectivity index (χ4v) is 4.45. The highest BCUT2D eigenvalue weighted by Gasteiger charge is 2.20. The van der Waals surface area contributed by atoms with Crippen molar-refractivity contribution in [2.24, 2.45) is 5.10 Å². The van der Waals surface area contributed by atoms with Crippen molar-refractivity contribution in [1.29, 1.82) is 0 Å². The Morgan fingerprint density at radius 1 is 0.925 bits per heavy atom. The lowest BCUT2D eigenvalue weighted by Gasteiger charge is -2.08. The summed E-state index contributed by atoms with van der Waals surface area (Å²) in [6.07, 6.45) is 1.42. The Balaban J connectivity index is 1.23. The number of aromatic nitrogens is 1. The number of H-pyrrole nitrogens is 1. The van der Waals surface area contributed by atoms with Gasteiger partial charge in [-0.1, -0.05) is 42.5 Å². The van der Waals surface area contributed by atoms with Crippen molar-refractivity contribution in [3.63, 3.8) is 0 Å². The molecular weight excluding hydrogens is 510 g/mol. The zero-order chi connectivity index (χ0) is 27.5. The molecule has 2 heterocycles. The Morgan fingerprint density at radius 2 is 1.73 bits per heavy atom. The second kappa shape index (κ2) is 10.7. The summed E-state index contributed by atoms with van der Waals surface area (Å²) in [5.41, 5.74) is 6.15. The van der Waals surface area contributed by atoms with Gasteiger partial charge in [0.05, 0.1) is 18.9 Å². The zero-order valence-corrected chi connectivity index (χ0v) is 21.3. The summed E-state index contributed by atoms with van der Waals surface area (Å²) in [4.78, 5) is 29.3. The number of carbonyl (C=O) groups excluding carboxylic acids is 2. The molecule has 0 fully saturated rings. The van der Waals surface area contributed by atoms with Crippen molar-refractivity contribution in [2.75, 3.05) is 13.9 Å². The molecule has 0 unspecified atom stereocenters. The van der Waals surface area contributed by atoms with E-state index in [1.54, 1.807) is 49.6 Å². The lowest BCUT2D eigenvalue weighted by Crippen LogP contribution is -2.19. The van der Waals surface area contributed by atoms with E-state index in [9.17, 15) is 9.59 Å². The SMILES string of the molecule is COc1ccc2[nH]c(C(=O)NN=Cc3ccccc3OC(=O)c3ccc4c(c3)OCO4)c(-c3ccccc3)c2c1. The average molecular weight is 534 g/mol. The van der Waals surface area contributed by atoms with Crippen molar-refractivity contribution in [1.82, 2.24) is 10.4 Å². The van der Waals surface area contributed by atoms with Gasteiger partial charge in [0, 0.05) is 22.0 Å². The Labute approximate surface area is 229 Å². The number of methoxy groups -OCH3 is 1. The molecule has 0 spiro atoms. The number of hydrazone groups is 1. The monoisotopic (exact) mass is 533 g/mol. The number of hydrogen-bond acceptors (Lipinski definition) is 7. The van der Waals surface area contributed by atoms with Crippen molar-refractivity contribution >= 4 is 29.0 Å². The fourth-order valence-electron chi connectivity index (χ4n) is 4.45. The third kappa shape index (κ3) is 4.83. The van der Waals surface area contributed by atoms with Gasteiger partial charge in [0.15, 0.2) is 11.5 Å². The minimum absolute atomic E-state index is 0.110. The van der Waals surface area contributed by atoms with Crippen LogP contribution in [0.25, 0.3) is 22.0 Å². The van der Waals surface area contributed by atoms with Gasteiger partial charge in [-0.2, -0.15) is 5.10 Å². The Kier molecular flexibility index (Phi) is 6.60. The van der Waals surface area contributed by atoms with Gasteiger partial charge in [-0.15, -0.1) is 0 Å². The average Bonchev–Trinajstić information content (AvgIpc) is 3.62. The number of nitrogens with one attached hydrogen (secondary N) is 2. The molecule has 1 aliphatic heterocycles. The molecule has 1 aromatic heterocycles. The predicted octanol–water partition coefficient (Wildman–Crippen LogP) is 5.56. The molecule has 4 aromatic carbocycles. The highest BCUT2D eigenvalue weighted by Crippen LogP contribution is 2.35. The molecule has 0 atom stereocenters. The van der Waals surface area contributed by atoms with Crippen LogP contribution in [-0.4, -0.2) is 37.0 Å². The molecule has 1 aliphatic rings. The third-order valence-corrected chi connectivity index (χ3v) is 6.39. The number of nitrogens with zero attached hydrogens (tertiary/aromatic N) is 1. The maximum atomic E-state index is 13.3. The molecule has 5 aromatic rings. The van der Waals surface area contributed by atoms with Crippen LogP contribution in [0.15, 0.2) is 96.1 Å². The number of hydrogen-bond donors (Lipinski definition) is 2. The van der Waals surface area contributed by atoms with Gasteiger partial charge >= 0.3 is 5.97 Å². The molecule has 9 heteroatoms. The second-order valence-electron chi connectivity index (χ2n) is 8.85. The number of amides is 1. The first kappa shape index (κ1) is 24.7. The summed E-state index contributed by atoms with van der Waals surface area (Å²) in [7, 11) is 1.60. The topological polar surface area (TPSA) is 111 Å². The molecule has 6 rings (SSSR count). The lowest BCUT2D eigenvalue weighted by atomic mass is 10.0. The van der Waals surface area contributed by atoms with E-state index in [2.05, 4.69) is 15.5 Å². The van der Waals surface area contributed by atoms with Crippen LogP contribution in [0.4, 0.5) is 0 Å². The first-order chi connectivity index (χ1) is 19.6. The molecule has 0 aliphatic carbocycles. The van der Waals surface area contributed by atoms with Crippen LogP contribution in [0.5, 0.6) is 23.0 Å². The number of aromatic amines is 1. The van der Waals surface area contributed by atoms with Crippen molar-refractivity contribution < 1.29 is 28.5 Å². The van der Waals surface area contributed by atoms with E-state index < -0.39 is 11.9 Å². The molecule has 0 saturated heterocycles. The molecule has 40 heavy (non-hydrogen) atoms. The smallest absolute Gasteiger partial charge is 0.343 e. The molecule has 9 nitrogen and oxygen atoms in total. The van der Waals surface area contributed by atoms with Crippen LogP contribution in [0, 0.1) is 0 Å². The van der Waals surface area contributed by atoms with Gasteiger partial charge in [-0.25, -0.2) is 10.2 Å². The van der Waals surface area contributed by atoms with Gasteiger partial charge < -0.3 is 23.9 Å². The first-order valence-electron chi connectivity index (χ1n) is 12.4. The van der Waals surface area contributed by atoms with E-state index in [0.717, 1.165) is 22.0 Å². The molecule has 198 valence electrons. The van der Waals surface area contributed by atoms with Crippen molar-refractivity contribution in [3.8, 4) is 34.1 Å². The Hall–Kier alpha value is -5.57. The minimum atomic E-state index is -0.566. The number of fused-ring (bicyclic) bond motifs is 2. The number of benzene rings is 4. The maximum Gasteiger partial charge on any atom is 0.343 e. The number of rotatable bonds is 7. The summed E-state index contributed by atoms with van der Waals surface area (Å²) >= 11 is 0. The van der Waals surface area contributed by atoms with Crippen LogP contribution in [0.1, 0.15) is 26.4 Å². The summed E-state index contributed by atoms with van der Waals surface area (Å²) in [6, 6.07) is 26.9. The second-order valence-corrected chi connectivity index (χ2v) is 8.85. The number of carbonyl (C=O) groups is 2. The summed E-state index contributed by atoms with van der Waals surface area (Å²) in [6.45, 7) is 0.110. The van der Waals surface area contributed by atoms with E-state index in [0.29, 0.717) is 34.1 Å².